The Morgan fingerprint density at radius 2 is 1.54 bits per heavy atom. The van der Waals surface area contributed by atoms with Crippen LogP contribution in [-0.4, -0.2) is 35.9 Å². The van der Waals surface area contributed by atoms with Gasteiger partial charge in [0, 0.05) is 6.42 Å². The number of nitrogens with one attached hydrogen (secondary N) is 2. The minimum atomic E-state index is -5.09. The first-order valence-electron chi connectivity index (χ1n) is 11.1. The van der Waals surface area contributed by atoms with Gasteiger partial charge in [-0.1, -0.05) is 73.4 Å². The molecule has 0 saturated carbocycles. The van der Waals surface area contributed by atoms with E-state index in [0.717, 1.165) is 11.1 Å². The Kier molecular flexibility index (Phi) is 10.6. The highest BCUT2D eigenvalue weighted by Crippen LogP contribution is 2.23. The lowest BCUT2D eigenvalue weighted by Gasteiger charge is -2.25. The van der Waals surface area contributed by atoms with Crippen LogP contribution in [0.1, 0.15) is 37.8 Å². The summed E-state index contributed by atoms with van der Waals surface area (Å²) in [6.07, 6.45) is -4.23. The standard InChI is InChI=1S/C25H27Cl2F3N2O3/c1-15(2)22(23(34)25(28,29)30)32-24(35)20(12-9-16-6-4-3-5-7-16)31-21(33)13-10-17-8-11-18(26)19(27)14-17/h3-8,11,14-15,20,22H,9-10,12-13H2,1-2H3,(H,31,33)(H,32,35)/t20?,22-/m0/s1. The van der Waals surface area contributed by atoms with Crippen molar-refractivity contribution in [2.45, 2.75) is 57.8 Å². The Morgan fingerprint density at radius 1 is 0.886 bits per heavy atom. The van der Waals surface area contributed by atoms with Crippen molar-refractivity contribution in [2.24, 2.45) is 5.92 Å². The molecule has 0 bridgehead atoms. The molecule has 0 radical (unpaired) electrons. The van der Waals surface area contributed by atoms with E-state index in [9.17, 15) is 27.6 Å². The van der Waals surface area contributed by atoms with Gasteiger partial charge in [0.15, 0.2) is 0 Å². The average Bonchev–Trinajstić information content (AvgIpc) is 2.80. The summed E-state index contributed by atoms with van der Waals surface area (Å²) in [6.45, 7) is 2.81. The predicted octanol–water partition coefficient (Wildman–Crippen LogP) is 5.32. The van der Waals surface area contributed by atoms with E-state index in [4.69, 9.17) is 23.2 Å². The summed E-state index contributed by atoms with van der Waals surface area (Å²) < 4.78 is 39.1. The van der Waals surface area contributed by atoms with Crippen LogP contribution in [0.25, 0.3) is 0 Å². The largest absolute Gasteiger partial charge is 0.452 e. The summed E-state index contributed by atoms with van der Waals surface area (Å²) in [7, 11) is 0. The van der Waals surface area contributed by atoms with Crippen LogP contribution >= 0.6 is 23.2 Å². The van der Waals surface area contributed by atoms with E-state index in [2.05, 4.69) is 10.6 Å². The van der Waals surface area contributed by atoms with Crippen molar-refractivity contribution in [1.82, 2.24) is 10.6 Å². The number of rotatable bonds is 11. The van der Waals surface area contributed by atoms with Crippen molar-refractivity contribution < 1.29 is 27.6 Å². The summed E-state index contributed by atoms with van der Waals surface area (Å²) in [4.78, 5) is 37.4. The highest BCUT2D eigenvalue weighted by atomic mass is 35.5. The van der Waals surface area contributed by atoms with Crippen molar-refractivity contribution in [2.75, 3.05) is 0 Å². The lowest BCUT2D eigenvalue weighted by molar-refractivity contribution is -0.175. The summed E-state index contributed by atoms with van der Waals surface area (Å²) in [5.41, 5.74) is 1.65. The second-order valence-electron chi connectivity index (χ2n) is 8.49. The lowest BCUT2D eigenvalue weighted by Crippen LogP contribution is -2.55. The molecule has 0 fully saturated rings. The zero-order chi connectivity index (χ0) is 26.2. The average molecular weight is 531 g/mol. The van der Waals surface area contributed by atoms with Crippen LogP contribution in [0.4, 0.5) is 13.2 Å². The van der Waals surface area contributed by atoms with Crippen molar-refractivity contribution in [3.63, 3.8) is 0 Å². The summed E-state index contributed by atoms with van der Waals surface area (Å²) in [6, 6.07) is 11.2. The molecule has 2 aromatic carbocycles. The zero-order valence-corrected chi connectivity index (χ0v) is 20.8. The maximum Gasteiger partial charge on any atom is 0.452 e. The molecule has 0 aliphatic rings. The van der Waals surface area contributed by atoms with Gasteiger partial charge in [-0.25, -0.2) is 0 Å². The van der Waals surface area contributed by atoms with Gasteiger partial charge in [0.1, 0.15) is 6.04 Å². The quantitative estimate of drug-likeness (QED) is 0.413. The number of Topliss-reactive ketones (excluding diaryl/α,β-unsaturated/α-hetero) is 1. The van der Waals surface area contributed by atoms with E-state index in [1.54, 1.807) is 18.2 Å². The number of aryl methyl sites for hydroxylation is 2. The number of hydrogen-bond acceptors (Lipinski definition) is 3. The summed E-state index contributed by atoms with van der Waals surface area (Å²) in [5.74, 6) is -4.14. The molecular weight excluding hydrogens is 504 g/mol. The van der Waals surface area contributed by atoms with Gasteiger partial charge in [-0.3, -0.25) is 14.4 Å². The van der Waals surface area contributed by atoms with Crippen LogP contribution in [-0.2, 0) is 27.2 Å². The lowest BCUT2D eigenvalue weighted by atomic mass is 9.98. The summed E-state index contributed by atoms with van der Waals surface area (Å²) >= 11 is 11.9. The van der Waals surface area contributed by atoms with Crippen LogP contribution in [0.15, 0.2) is 48.5 Å². The topological polar surface area (TPSA) is 75.3 Å². The Balaban J connectivity index is 2.11. The second kappa shape index (κ2) is 12.9. The molecule has 0 spiro atoms. The van der Waals surface area contributed by atoms with Gasteiger partial charge >= 0.3 is 6.18 Å². The third-order valence-electron chi connectivity index (χ3n) is 5.37. The maximum absolute atomic E-state index is 13.0. The number of ketones is 1. The number of amides is 2. The molecule has 0 aromatic heterocycles. The highest BCUT2D eigenvalue weighted by molar-refractivity contribution is 6.42. The fourth-order valence-corrected chi connectivity index (χ4v) is 3.73. The summed E-state index contributed by atoms with van der Waals surface area (Å²) in [5, 5.41) is 5.53. The molecular formula is C25H27Cl2F3N2O3. The van der Waals surface area contributed by atoms with Crippen molar-refractivity contribution in [1.29, 1.82) is 0 Å². The Morgan fingerprint density at radius 3 is 2.11 bits per heavy atom. The molecule has 35 heavy (non-hydrogen) atoms. The molecule has 5 nitrogen and oxygen atoms in total. The molecule has 190 valence electrons. The van der Waals surface area contributed by atoms with Crippen LogP contribution in [0, 0.1) is 5.92 Å². The fourth-order valence-electron chi connectivity index (χ4n) is 3.41. The van der Waals surface area contributed by atoms with Gasteiger partial charge in [0.05, 0.1) is 16.1 Å². The van der Waals surface area contributed by atoms with Crippen molar-refractivity contribution in [3.8, 4) is 0 Å². The molecule has 0 aliphatic heterocycles. The van der Waals surface area contributed by atoms with Crippen LogP contribution < -0.4 is 10.6 Å². The molecule has 0 heterocycles. The number of hydrogen-bond donors (Lipinski definition) is 2. The van der Waals surface area contributed by atoms with E-state index in [-0.39, 0.29) is 12.8 Å². The number of halogens is 5. The molecule has 0 saturated heterocycles. The van der Waals surface area contributed by atoms with E-state index in [1.807, 2.05) is 30.3 Å². The number of carbonyl (C=O) groups excluding carboxylic acids is 3. The third-order valence-corrected chi connectivity index (χ3v) is 6.11. The zero-order valence-electron chi connectivity index (χ0n) is 19.3. The van der Waals surface area contributed by atoms with E-state index < -0.39 is 41.8 Å². The Labute approximate surface area is 212 Å². The third kappa shape index (κ3) is 9.18. The van der Waals surface area contributed by atoms with Crippen LogP contribution in [0.5, 0.6) is 0 Å². The molecule has 2 atom stereocenters. The Bertz CT molecular complexity index is 1030. The van der Waals surface area contributed by atoms with Crippen LogP contribution in [0.3, 0.4) is 0 Å². The minimum absolute atomic E-state index is 0.0160. The van der Waals surface area contributed by atoms with E-state index in [0.29, 0.717) is 22.9 Å². The maximum atomic E-state index is 13.0. The minimum Gasteiger partial charge on any atom is -0.344 e. The second-order valence-corrected chi connectivity index (χ2v) is 9.30. The highest BCUT2D eigenvalue weighted by Gasteiger charge is 2.45. The first-order valence-corrected chi connectivity index (χ1v) is 11.8. The van der Waals surface area contributed by atoms with Crippen molar-refractivity contribution >= 4 is 40.8 Å². The van der Waals surface area contributed by atoms with Gasteiger partial charge < -0.3 is 10.6 Å². The number of carbonyl (C=O) groups is 3. The van der Waals surface area contributed by atoms with E-state index >= 15 is 0 Å². The van der Waals surface area contributed by atoms with Gasteiger partial charge in [-0.15, -0.1) is 0 Å². The van der Waals surface area contributed by atoms with Crippen molar-refractivity contribution in [3.05, 3.63) is 69.7 Å². The normalized spacial score (nSPS) is 13.3. The smallest absolute Gasteiger partial charge is 0.344 e. The molecule has 2 rings (SSSR count). The van der Waals surface area contributed by atoms with Gasteiger partial charge in [-0.05, 0) is 48.4 Å². The first-order chi connectivity index (χ1) is 16.4. The van der Waals surface area contributed by atoms with Gasteiger partial charge in [0.2, 0.25) is 11.8 Å². The Hall–Kier alpha value is -2.58. The SMILES string of the molecule is CC(C)[C@H](NC(=O)C(CCc1ccccc1)NC(=O)CCc1ccc(Cl)c(Cl)c1)C(=O)C(F)(F)F. The van der Waals surface area contributed by atoms with Crippen LogP contribution in [0.2, 0.25) is 10.0 Å². The van der Waals surface area contributed by atoms with E-state index in [1.165, 1.54) is 13.8 Å². The predicted molar refractivity (Wildman–Crippen MR) is 129 cm³/mol. The number of benzene rings is 2. The fraction of sp³-hybridized carbons (Fsp3) is 0.400. The molecule has 2 aromatic rings. The van der Waals surface area contributed by atoms with Gasteiger partial charge in [-0.2, -0.15) is 13.2 Å². The molecule has 2 N–H and O–H groups in total. The molecule has 10 heteroatoms. The molecule has 1 unspecified atom stereocenters. The number of alkyl halides is 3. The first kappa shape index (κ1) is 28.7. The molecule has 0 aliphatic carbocycles. The molecule has 2 amide bonds. The monoisotopic (exact) mass is 530 g/mol. The van der Waals surface area contributed by atoms with Gasteiger partial charge in [0.25, 0.3) is 5.78 Å².